The van der Waals surface area contributed by atoms with Gasteiger partial charge in [0.2, 0.25) is 0 Å². The van der Waals surface area contributed by atoms with E-state index in [2.05, 4.69) is 0 Å². The van der Waals surface area contributed by atoms with Crippen LogP contribution in [0.3, 0.4) is 0 Å². The van der Waals surface area contributed by atoms with Crippen LogP contribution in [0.2, 0.25) is 0 Å². The van der Waals surface area contributed by atoms with E-state index in [1.807, 2.05) is 17.5 Å². The molecule has 3 aromatic rings. The first-order valence-corrected chi connectivity index (χ1v) is 7.94. The smallest absolute Gasteiger partial charge is 0.387 e. The van der Waals surface area contributed by atoms with E-state index < -0.39 is 17.8 Å². The summed E-state index contributed by atoms with van der Waals surface area (Å²) < 4.78 is 40.2. The maximum absolute atomic E-state index is 12.7. The normalized spacial score (nSPS) is 13.7. The summed E-state index contributed by atoms with van der Waals surface area (Å²) >= 11 is 3.07. The van der Waals surface area contributed by atoms with Crippen molar-refractivity contribution in [3.05, 3.63) is 57.8 Å². The Labute approximate surface area is 127 Å². The molecule has 1 nitrogen and oxygen atoms in total. The van der Waals surface area contributed by atoms with E-state index in [9.17, 15) is 18.3 Å². The molecule has 3 rings (SSSR count). The second-order valence-electron chi connectivity index (χ2n) is 4.72. The first-order valence-electron chi connectivity index (χ1n) is 6.24. The Bertz CT molecular complexity index is 729. The van der Waals surface area contributed by atoms with Crippen molar-refractivity contribution in [2.24, 2.45) is 0 Å². The number of benzene rings is 1. The number of aliphatic hydroxyl groups excluding tert-OH is 1. The number of hydrogen-bond donors (Lipinski definition) is 1. The molecule has 2 heterocycles. The van der Waals surface area contributed by atoms with Crippen LogP contribution in [0.4, 0.5) is 13.2 Å². The highest BCUT2D eigenvalue weighted by Crippen LogP contribution is 2.35. The largest absolute Gasteiger partial charge is 0.416 e. The molecule has 0 fully saturated rings. The van der Waals surface area contributed by atoms with E-state index in [1.54, 1.807) is 17.4 Å². The van der Waals surface area contributed by atoms with Gasteiger partial charge in [0, 0.05) is 20.7 Å². The zero-order chi connectivity index (χ0) is 15.0. The predicted octanol–water partition coefficient (Wildman–Crippen LogP) is 5.26. The lowest BCUT2D eigenvalue weighted by atomic mass is 10.0. The third-order valence-electron chi connectivity index (χ3n) is 3.17. The zero-order valence-corrected chi connectivity index (χ0v) is 12.4. The molecule has 0 aliphatic carbocycles. The fourth-order valence-corrected chi connectivity index (χ4v) is 4.25. The van der Waals surface area contributed by atoms with Gasteiger partial charge in [0.15, 0.2) is 0 Å². The maximum atomic E-state index is 12.7. The lowest BCUT2D eigenvalue weighted by Crippen LogP contribution is -2.06. The molecule has 6 heteroatoms. The molecular weight excluding hydrogens is 317 g/mol. The minimum absolute atomic E-state index is 0.178. The number of aliphatic hydroxyl groups is 1. The molecule has 110 valence electrons. The highest BCUT2D eigenvalue weighted by Gasteiger charge is 2.30. The summed E-state index contributed by atoms with van der Waals surface area (Å²) in [5, 5.41) is 12.2. The first-order chi connectivity index (χ1) is 9.93. The fraction of sp³-hybridized carbons (Fsp3) is 0.200. The summed E-state index contributed by atoms with van der Waals surface area (Å²) in [5.74, 6) is 0. The van der Waals surface area contributed by atoms with Crippen LogP contribution in [-0.4, -0.2) is 5.11 Å². The van der Waals surface area contributed by atoms with Gasteiger partial charge in [-0.25, -0.2) is 0 Å². The second kappa shape index (κ2) is 5.44. The van der Waals surface area contributed by atoms with Gasteiger partial charge < -0.3 is 5.11 Å². The summed E-state index contributed by atoms with van der Waals surface area (Å²) in [5.41, 5.74) is -0.201. The van der Waals surface area contributed by atoms with Crippen LogP contribution in [-0.2, 0) is 12.6 Å². The Morgan fingerprint density at radius 1 is 1.10 bits per heavy atom. The molecule has 0 spiro atoms. The third-order valence-corrected chi connectivity index (χ3v) is 5.36. The summed E-state index contributed by atoms with van der Waals surface area (Å²) in [6.07, 6.45) is -4.96. The summed E-state index contributed by atoms with van der Waals surface area (Å²) in [6, 6.07) is 9.00. The van der Waals surface area contributed by atoms with Gasteiger partial charge in [-0.15, -0.1) is 22.7 Å². The van der Waals surface area contributed by atoms with Crippen LogP contribution in [0.25, 0.3) is 9.40 Å². The van der Waals surface area contributed by atoms with Crippen molar-refractivity contribution in [2.45, 2.75) is 18.7 Å². The molecule has 1 aromatic carbocycles. The summed E-state index contributed by atoms with van der Waals surface area (Å²) in [7, 11) is 0. The molecular formula is C15H11F3OS2. The number of rotatable bonds is 3. The van der Waals surface area contributed by atoms with Crippen molar-refractivity contribution in [3.63, 3.8) is 0 Å². The molecule has 0 amide bonds. The number of fused-ring (bicyclic) bond motifs is 1. The van der Waals surface area contributed by atoms with Crippen LogP contribution in [0.1, 0.15) is 22.1 Å². The molecule has 0 radical (unpaired) electrons. The van der Waals surface area contributed by atoms with Crippen molar-refractivity contribution < 1.29 is 18.3 Å². The zero-order valence-electron chi connectivity index (χ0n) is 10.7. The molecule has 0 bridgehead atoms. The Hall–Kier alpha value is -1.37. The van der Waals surface area contributed by atoms with Gasteiger partial charge in [-0.1, -0.05) is 18.2 Å². The standard InChI is InChI=1S/C15H11F3OS2/c16-15(17,18)10-3-1-2-9(6-10)7-11(19)13-8-14-12(21-13)4-5-20-14/h1-6,8,11,19H,7H2. The maximum Gasteiger partial charge on any atom is 0.416 e. The van der Waals surface area contributed by atoms with Gasteiger partial charge in [-0.2, -0.15) is 13.2 Å². The average molecular weight is 328 g/mol. The Balaban J connectivity index is 1.81. The minimum atomic E-state index is -4.35. The fourth-order valence-electron chi connectivity index (χ4n) is 2.15. The van der Waals surface area contributed by atoms with Crippen molar-refractivity contribution in [2.75, 3.05) is 0 Å². The lowest BCUT2D eigenvalue weighted by molar-refractivity contribution is -0.137. The van der Waals surface area contributed by atoms with Gasteiger partial charge in [-0.05, 0) is 29.1 Å². The average Bonchev–Trinajstić information content (AvgIpc) is 2.98. The second-order valence-corrected chi connectivity index (χ2v) is 6.78. The number of alkyl halides is 3. The van der Waals surface area contributed by atoms with E-state index in [0.29, 0.717) is 5.56 Å². The van der Waals surface area contributed by atoms with E-state index in [1.165, 1.54) is 17.4 Å². The van der Waals surface area contributed by atoms with Crippen LogP contribution >= 0.6 is 22.7 Å². The highest BCUT2D eigenvalue weighted by molar-refractivity contribution is 7.26. The van der Waals surface area contributed by atoms with Crippen molar-refractivity contribution in [3.8, 4) is 0 Å². The highest BCUT2D eigenvalue weighted by atomic mass is 32.1. The van der Waals surface area contributed by atoms with Crippen molar-refractivity contribution >= 4 is 32.1 Å². The van der Waals surface area contributed by atoms with E-state index in [-0.39, 0.29) is 6.42 Å². The Morgan fingerprint density at radius 2 is 1.90 bits per heavy atom. The van der Waals surface area contributed by atoms with Crippen molar-refractivity contribution in [1.29, 1.82) is 0 Å². The number of thiophene rings is 2. The van der Waals surface area contributed by atoms with E-state index in [4.69, 9.17) is 0 Å². The summed E-state index contributed by atoms with van der Waals surface area (Å²) in [6.45, 7) is 0. The van der Waals surface area contributed by atoms with Crippen molar-refractivity contribution in [1.82, 2.24) is 0 Å². The summed E-state index contributed by atoms with van der Waals surface area (Å²) in [4.78, 5) is 0.786. The van der Waals surface area contributed by atoms with Gasteiger partial charge in [-0.3, -0.25) is 0 Å². The van der Waals surface area contributed by atoms with Gasteiger partial charge in [0.25, 0.3) is 0 Å². The van der Waals surface area contributed by atoms with Gasteiger partial charge in [0.1, 0.15) is 0 Å². The van der Waals surface area contributed by atoms with Crippen LogP contribution in [0.5, 0.6) is 0 Å². The third kappa shape index (κ3) is 3.12. The lowest BCUT2D eigenvalue weighted by Gasteiger charge is -2.11. The molecule has 2 aromatic heterocycles. The predicted molar refractivity (Wildman–Crippen MR) is 79.8 cm³/mol. The van der Waals surface area contributed by atoms with Crippen LogP contribution in [0.15, 0.2) is 41.8 Å². The molecule has 21 heavy (non-hydrogen) atoms. The molecule has 1 N–H and O–H groups in total. The molecule has 1 atom stereocenters. The molecule has 0 aliphatic rings. The topological polar surface area (TPSA) is 20.2 Å². The van der Waals surface area contributed by atoms with Gasteiger partial charge in [0.05, 0.1) is 11.7 Å². The quantitative estimate of drug-likeness (QED) is 0.695. The minimum Gasteiger partial charge on any atom is -0.387 e. The monoisotopic (exact) mass is 328 g/mol. The SMILES string of the molecule is OC(Cc1cccc(C(F)(F)F)c1)c1cc2sccc2s1. The van der Waals surface area contributed by atoms with Crippen LogP contribution in [0, 0.1) is 0 Å². The van der Waals surface area contributed by atoms with E-state index in [0.717, 1.165) is 26.4 Å². The Kier molecular flexibility index (Phi) is 3.77. The van der Waals surface area contributed by atoms with E-state index >= 15 is 0 Å². The number of hydrogen-bond acceptors (Lipinski definition) is 3. The van der Waals surface area contributed by atoms with Gasteiger partial charge >= 0.3 is 6.18 Å². The Morgan fingerprint density at radius 3 is 2.62 bits per heavy atom. The molecule has 1 unspecified atom stereocenters. The molecule has 0 saturated heterocycles. The van der Waals surface area contributed by atoms with Crippen LogP contribution < -0.4 is 0 Å². The first kappa shape index (κ1) is 14.6. The molecule has 0 saturated carbocycles. The molecule has 0 aliphatic heterocycles. The number of halogens is 3.